The lowest BCUT2D eigenvalue weighted by Crippen LogP contribution is -2.38. The number of methoxy groups -OCH3 is 1. The first kappa shape index (κ1) is 29.9. The van der Waals surface area contributed by atoms with Crippen LogP contribution in [0.5, 0.6) is 17.2 Å². The Kier molecular flexibility index (Phi) is 8.52. The molecular formula is C32H30F3N7O3. The molecule has 1 amide bonds. The topological polar surface area (TPSA) is 115 Å². The van der Waals surface area contributed by atoms with Crippen molar-refractivity contribution in [2.75, 3.05) is 30.8 Å². The second-order valence-electron chi connectivity index (χ2n) is 10.6. The Morgan fingerprint density at radius 3 is 2.49 bits per heavy atom. The zero-order valence-electron chi connectivity index (χ0n) is 24.3. The third-order valence-corrected chi connectivity index (χ3v) is 7.40. The van der Waals surface area contributed by atoms with Crippen molar-refractivity contribution in [3.8, 4) is 17.2 Å². The quantitative estimate of drug-likeness (QED) is 0.182. The molecular weight excluding hydrogens is 587 g/mol. The first-order valence-corrected chi connectivity index (χ1v) is 14.3. The number of anilines is 2. The molecule has 13 heteroatoms. The molecule has 0 unspecified atom stereocenters. The lowest BCUT2D eigenvalue weighted by Gasteiger charge is -2.23. The number of aromatic nitrogens is 4. The van der Waals surface area contributed by atoms with Crippen LogP contribution in [0.4, 0.5) is 24.8 Å². The second-order valence-corrected chi connectivity index (χ2v) is 10.6. The Labute approximate surface area is 256 Å². The van der Waals surface area contributed by atoms with Crippen LogP contribution < -0.4 is 25.4 Å². The molecule has 10 nitrogen and oxygen atoms in total. The predicted octanol–water partition coefficient (Wildman–Crippen LogP) is 6.11. The number of fused-ring (bicyclic) bond motifs is 1. The van der Waals surface area contributed by atoms with Crippen LogP contribution in [0.1, 0.15) is 34.3 Å². The third kappa shape index (κ3) is 6.99. The molecule has 4 heterocycles. The van der Waals surface area contributed by atoms with E-state index in [-0.39, 0.29) is 17.4 Å². The summed E-state index contributed by atoms with van der Waals surface area (Å²) >= 11 is 0. The maximum absolute atomic E-state index is 13.0. The zero-order chi connectivity index (χ0) is 31.4. The summed E-state index contributed by atoms with van der Waals surface area (Å²) < 4.78 is 52.5. The fourth-order valence-corrected chi connectivity index (χ4v) is 5.10. The molecule has 0 bridgehead atoms. The lowest BCUT2D eigenvalue weighted by atomic mass is 10.1. The zero-order valence-corrected chi connectivity index (χ0v) is 24.3. The van der Waals surface area contributed by atoms with Crippen LogP contribution in [0.3, 0.4) is 0 Å². The average molecular weight is 618 g/mol. The third-order valence-electron chi connectivity index (χ3n) is 7.40. The van der Waals surface area contributed by atoms with Crippen molar-refractivity contribution in [3.63, 3.8) is 0 Å². The van der Waals surface area contributed by atoms with Crippen LogP contribution in [0.2, 0.25) is 0 Å². The van der Waals surface area contributed by atoms with Gasteiger partial charge in [0.05, 0.1) is 19.2 Å². The number of rotatable bonds is 9. The summed E-state index contributed by atoms with van der Waals surface area (Å²) in [7, 11) is 1.63. The number of amides is 1. The molecule has 0 spiro atoms. The monoisotopic (exact) mass is 617 g/mol. The maximum Gasteiger partial charge on any atom is 0.416 e. The van der Waals surface area contributed by atoms with Gasteiger partial charge in [0.15, 0.2) is 11.5 Å². The number of nitrogens with one attached hydrogen (secondary N) is 3. The Morgan fingerprint density at radius 1 is 1.02 bits per heavy atom. The summed E-state index contributed by atoms with van der Waals surface area (Å²) in [4.78, 5) is 21.2. The van der Waals surface area contributed by atoms with Gasteiger partial charge in [0.2, 0.25) is 0 Å². The van der Waals surface area contributed by atoms with Gasteiger partial charge in [-0.2, -0.15) is 18.3 Å². The first-order chi connectivity index (χ1) is 21.8. The fourth-order valence-electron chi connectivity index (χ4n) is 5.10. The highest BCUT2D eigenvalue weighted by molar-refractivity contribution is 6.03. The average Bonchev–Trinajstić information content (AvgIpc) is 3.39. The summed E-state index contributed by atoms with van der Waals surface area (Å²) in [5, 5.41) is 15.0. The van der Waals surface area contributed by atoms with E-state index in [0.717, 1.165) is 55.6 Å². The highest BCUT2D eigenvalue weighted by Crippen LogP contribution is 2.35. The normalized spacial score (nSPS) is 15.1. The van der Waals surface area contributed by atoms with Crippen LogP contribution >= 0.6 is 0 Å². The molecule has 1 aliphatic rings. The van der Waals surface area contributed by atoms with Crippen molar-refractivity contribution in [2.24, 2.45) is 0 Å². The molecule has 3 N–H and O–H groups in total. The van der Waals surface area contributed by atoms with Gasteiger partial charge in [0.25, 0.3) is 5.91 Å². The molecule has 1 fully saturated rings. The number of ether oxygens (including phenoxy) is 2. The second kappa shape index (κ2) is 12.8. The SMILES string of the molecule is COc1ccc(Cn2nc(N[C@@H]3CCCNC3)c3c(Oc4ccc(C(=O)Nc5cc(C(F)(F)F)ccn5)cc4)ccnc32)cc1. The van der Waals surface area contributed by atoms with E-state index in [1.165, 1.54) is 12.1 Å². The van der Waals surface area contributed by atoms with Gasteiger partial charge in [-0.15, -0.1) is 0 Å². The van der Waals surface area contributed by atoms with Gasteiger partial charge in [0.1, 0.15) is 28.5 Å². The molecule has 6 rings (SSSR count). The van der Waals surface area contributed by atoms with Crippen molar-refractivity contribution < 1.29 is 27.4 Å². The molecule has 3 aromatic heterocycles. The molecule has 1 aliphatic heterocycles. The number of carbonyl (C=O) groups is 1. The van der Waals surface area contributed by atoms with Gasteiger partial charge in [0, 0.05) is 36.6 Å². The number of halogens is 3. The van der Waals surface area contributed by atoms with Crippen LogP contribution in [-0.4, -0.2) is 51.9 Å². The number of nitrogens with zero attached hydrogens (tertiary/aromatic N) is 4. The van der Waals surface area contributed by atoms with Gasteiger partial charge in [-0.25, -0.2) is 14.6 Å². The highest BCUT2D eigenvalue weighted by Gasteiger charge is 2.31. The summed E-state index contributed by atoms with van der Waals surface area (Å²) in [5.74, 6) is 1.59. The molecule has 5 aromatic rings. The van der Waals surface area contributed by atoms with Crippen molar-refractivity contribution in [1.29, 1.82) is 0 Å². The molecule has 232 valence electrons. The van der Waals surface area contributed by atoms with Crippen LogP contribution in [0, 0.1) is 0 Å². The predicted molar refractivity (Wildman–Crippen MR) is 163 cm³/mol. The molecule has 1 saturated heterocycles. The van der Waals surface area contributed by atoms with Gasteiger partial charge in [-0.1, -0.05) is 12.1 Å². The van der Waals surface area contributed by atoms with Crippen LogP contribution in [0.15, 0.2) is 79.1 Å². The minimum absolute atomic E-state index is 0.184. The van der Waals surface area contributed by atoms with Crippen LogP contribution in [0.25, 0.3) is 11.0 Å². The summed E-state index contributed by atoms with van der Waals surface area (Å²) in [6.45, 7) is 2.26. The van der Waals surface area contributed by atoms with E-state index in [1.54, 1.807) is 31.5 Å². The molecule has 1 atom stereocenters. The van der Waals surface area contributed by atoms with E-state index in [0.29, 0.717) is 34.9 Å². The van der Waals surface area contributed by atoms with Gasteiger partial charge in [-0.3, -0.25) is 4.79 Å². The van der Waals surface area contributed by atoms with E-state index in [4.69, 9.17) is 14.6 Å². The van der Waals surface area contributed by atoms with E-state index < -0.39 is 17.6 Å². The fraction of sp³-hybridized carbons (Fsp3) is 0.250. The lowest BCUT2D eigenvalue weighted by molar-refractivity contribution is -0.137. The van der Waals surface area contributed by atoms with E-state index in [9.17, 15) is 18.0 Å². The van der Waals surface area contributed by atoms with E-state index >= 15 is 0 Å². The summed E-state index contributed by atoms with van der Waals surface area (Å²) in [6.07, 6.45) is 0.148. The number of pyridine rings is 2. The van der Waals surface area contributed by atoms with Crippen LogP contribution in [-0.2, 0) is 12.7 Å². The van der Waals surface area contributed by atoms with Gasteiger partial charge in [-0.05, 0) is 73.5 Å². The number of carbonyl (C=O) groups excluding carboxylic acids is 1. The minimum Gasteiger partial charge on any atom is -0.497 e. The van der Waals surface area contributed by atoms with Crippen molar-refractivity contribution >= 4 is 28.6 Å². The smallest absolute Gasteiger partial charge is 0.416 e. The standard InChI is InChI=1S/C32H30F3N7O3/c1-44-24-8-4-20(5-9-24)19-42-30-28(29(41-42)39-23-3-2-14-36-18-23)26(13-16-38-30)45-25-10-6-21(7-11-25)31(43)40-27-17-22(12-15-37-27)32(33,34)35/h4-13,15-17,23,36H,2-3,14,18-19H2,1H3,(H,39,41)(H,37,40,43)/t23-/m1/s1. The first-order valence-electron chi connectivity index (χ1n) is 14.3. The minimum atomic E-state index is -4.55. The molecule has 0 aliphatic carbocycles. The number of piperidine rings is 1. The van der Waals surface area contributed by atoms with Gasteiger partial charge < -0.3 is 25.4 Å². The number of benzene rings is 2. The molecule has 2 aromatic carbocycles. The Balaban J connectivity index is 1.25. The number of alkyl halides is 3. The molecule has 0 radical (unpaired) electrons. The Morgan fingerprint density at radius 2 is 1.78 bits per heavy atom. The Hall–Kier alpha value is -5.17. The van der Waals surface area contributed by atoms with Crippen molar-refractivity contribution in [3.05, 3.63) is 95.8 Å². The van der Waals surface area contributed by atoms with E-state index in [2.05, 4.69) is 25.9 Å². The van der Waals surface area contributed by atoms with Crippen molar-refractivity contribution in [1.82, 2.24) is 25.1 Å². The number of hydrogen-bond donors (Lipinski definition) is 3. The molecule has 45 heavy (non-hydrogen) atoms. The number of hydrogen-bond acceptors (Lipinski definition) is 8. The largest absolute Gasteiger partial charge is 0.497 e. The van der Waals surface area contributed by atoms with E-state index in [1.807, 2.05) is 28.9 Å². The van der Waals surface area contributed by atoms with Gasteiger partial charge >= 0.3 is 6.18 Å². The molecule has 0 saturated carbocycles. The van der Waals surface area contributed by atoms with Crippen molar-refractivity contribution in [2.45, 2.75) is 31.6 Å². The Bertz CT molecular complexity index is 1790. The summed E-state index contributed by atoms with van der Waals surface area (Å²) in [5.41, 5.74) is 0.981. The summed E-state index contributed by atoms with van der Waals surface area (Å²) in [6, 6.07) is 17.6. The maximum atomic E-state index is 13.0. The highest BCUT2D eigenvalue weighted by atomic mass is 19.4.